The fourth-order valence-electron chi connectivity index (χ4n) is 3.11. The Morgan fingerprint density at radius 3 is 1.87 bits per heavy atom. The van der Waals surface area contributed by atoms with E-state index in [4.69, 9.17) is 24.1 Å². The molecule has 0 aliphatic rings. The van der Waals surface area contributed by atoms with Crippen molar-refractivity contribution < 1.29 is 53.2 Å². The lowest BCUT2D eigenvalue weighted by atomic mass is 10.1. The van der Waals surface area contributed by atoms with Crippen molar-refractivity contribution in [1.82, 2.24) is 10.6 Å². The van der Waals surface area contributed by atoms with Crippen molar-refractivity contribution in [2.24, 2.45) is 0 Å². The van der Waals surface area contributed by atoms with Crippen LogP contribution in [-0.2, 0) is 25.5 Å². The summed E-state index contributed by atoms with van der Waals surface area (Å²) in [5, 5.41) is 22.6. The van der Waals surface area contributed by atoms with Crippen LogP contribution in [0.15, 0.2) is 30.4 Å². The number of carbonyl (C=O) groups excluding carboxylic acids is 3. The molecule has 0 aromatic heterocycles. The van der Waals surface area contributed by atoms with E-state index in [1.807, 2.05) is 32.0 Å². The van der Waals surface area contributed by atoms with Gasteiger partial charge in [-0.05, 0) is 25.0 Å². The lowest BCUT2D eigenvalue weighted by Crippen LogP contribution is -3.13. The van der Waals surface area contributed by atoms with Crippen LogP contribution in [0, 0.1) is 0 Å². The van der Waals surface area contributed by atoms with Crippen LogP contribution >= 0.6 is 0 Å². The van der Waals surface area contributed by atoms with E-state index in [1.165, 1.54) is 0 Å². The highest BCUT2D eigenvalue weighted by atomic mass is 16.6. The van der Waals surface area contributed by atoms with Crippen LogP contribution in [0.25, 0.3) is 0 Å². The monoisotopic (exact) mass is 555 g/mol. The molecule has 2 amide bonds. The fourth-order valence-corrected chi connectivity index (χ4v) is 3.11. The molecule has 220 valence electrons. The van der Waals surface area contributed by atoms with Gasteiger partial charge in [-0.15, -0.1) is 0 Å². The topological polar surface area (TPSA) is 177 Å². The highest BCUT2D eigenvalue weighted by Gasteiger charge is 2.15. The summed E-state index contributed by atoms with van der Waals surface area (Å²) in [7, 11) is 3.23. The maximum atomic E-state index is 11.7. The summed E-state index contributed by atoms with van der Waals surface area (Å²) in [5.41, 5.74) is 1.03. The molecule has 1 aromatic carbocycles. The number of hydrogen-bond acceptors (Lipinski definition) is 9. The van der Waals surface area contributed by atoms with E-state index in [1.54, 1.807) is 14.2 Å². The number of carboxylic acids is 2. The predicted octanol–water partition coefficient (Wildman–Crippen LogP) is -0.219. The number of alkyl carbamates (subject to hydrolysis) is 2. The minimum atomic E-state index is -1.51. The number of amides is 2. The normalized spacial score (nSPS) is 10.3. The average Bonchev–Trinajstić information content (AvgIpc) is 2.92. The molecule has 0 saturated carbocycles. The molecule has 0 atom stereocenters. The first-order valence-electron chi connectivity index (χ1n) is 12.6. The second kappa shape index (κ2) is 22.0. The summed E-state index contributed by atoms with van der Waals surface area (Å²) < 4.78 is 21.4. The lowest BCUT2D eigenvalue weighted by molar-refractivity contribution is -0.900. The standard InChI is InChI=1S/C22H37N3O6.C4H4O4/c1-5-11-23-21(26)30-16-14-25(15-17-31-22(27)24-12-6-2)13-10-18-8-7-9-19(28-3)20(18)29-4;5-3(6)1-2-4(7)8/h7-9H,5-6,10-17H2,1-4H3,(H,23,26)(H,24,27);1-2H,(H,5,6)(H,7,8)/b;2-1+. The Morgan fingerprint density at radius 1 is 0.897 bits per heavy atom. The lowest BCUT2D eigenvalue weighted by Gasteiger charge is -2.20. The summed E-state index contributed by atoms with van der Waals surface area (Å²) in [6, 6.07) is 5.79. The molecule has 1 aromatic rings. The van der Waals surface area contributed by atoms with E-state index in [0.717, 1.165) is 42.0 Å². The third-order valence-electron chi connectivity index (χ3n) is 5.01. The number of nitrogens with one attached hydrogen (secondary N) is 3. The zero-order chi connectivity index (χ0) is 29.5. The zero-order valence-corrected chi connectivity index (χ0v) is 23.1. The Morgan fingerprint density at radius 2 is 1.46 bits per heavy atom. The number of ether oxygens (including phenoxy) is 4. The number of carbonyl (C=O) groups is 4. The average molecular weight is 556 g/mol. The molecule has 4 N–H and O–H groups in total. The summed E-state index contributed by atoms with van der Waals surface area (Å²) in [6.07, 6.45) is 2.56. The number of para-hydroxylation sites is 1. The van der Waals surface area contributed by atoms with E-state index in [2.05, 4.69) is 10.6 Å². The Hall–Kier alpha value is -4.00. The van der Waals surface area contributed by atoms with Crippen LogP contribution in [0.5, 0.6) is 11.5 Å². The number of quaternary nitrogens is 1. The molecular formula is C26H41N3O10. The Balaban J connectivity index is 0.00000156. The number of benzene rings is 1. The molecule has 0 fully saturated rings. The summed E-state index contributed by atoms with van der Waals surface area (Å²) >= 11 is 0. The van der Waals surface area contributed by atoms with Crippen molar-refractivity contribution in [3.05, 3.63) is 35.9 Å². The number of aliphatic carboxylic acids is 2. The van der Waals surface area contributed by atoms with Gasteiger partial charge in [0, 0.05) is 31.1 Å². The smallest absolute Gasteiger partial charge is 0.407 e. The molecule has 1 rings (SSSR count). The number of rotatable bonds is 17. The highest BCUT2D eigenvalue weighted by Crippen LogP contribution is 2.30. The quantitative estimate of drug-likeness (QED) is 0.188. The van der Waals surface area contributed by atoms with Gasteiger partial charge in [0.1, 0.15) is 26.3 Å². The predicted molar refractivity (Wildman–Crippen MR) is 140 cm³/mol. The summed E-state index contributed by atoms with van der Waals surface area (Å²) in [6.45, 7) is 7.66. The van der Waals surface area contributed by atoms with Crippen LogP contribution in [0.3, 0.4) is 0 Å². The van der Waals surface area contributed by atoms with Crippen LogP contribution < -0.4 is 30.1 Å². The van der Waals surface area contributed by atoms with Crippen molar-refractivity contribution in [2.45, 2.75) is 33.1 Å². The van der Waals surface area contributed by atoms with Crippen LogP contribution in [0.4, 0.5) is 9.59 Å². The van der Waals surface area contributed by atoms with Gasteiger partial charge in [-0.2, -0.15) is 0 Å². The number of hydrogen-bond donors (Lipinski definition) is 4. The van der Waals surface area contributed by atoms with Gasteiger partial charge in [-0.3, -0.25) is 0 Å². The highest BCUT2D eigenvalue weighted by molar-refractivity contribution is 5.88. The van der Waals surface area contributed by atoms with Crippen molar-refractivity contribution >= 4 is 24.1 Å². The number of carboxylic acid groups (broad SMARTS) is 2. The molecule has 0 spiro atoms. The second-order valence-electron chi connectivity index (χ2n) is 8.02. The molecule has 0 radical (unpaired) electrons. The maximum Gasteiger partial charge on any atom is 0.407 e. The number of methoxy groups -OCH3 is 2. The first kappa shape index (κ1) is 35.0. The van der Waals surface area contributed by atoms with Gasteiger partial charge in [0.15, 0.2) is 11.5 Å². The first-order valence-corrected chi connectivity index (χ1v) is 12.6. The third kappa shape index (κ3) is 18.0. The molecule has 13 heteroatoms. The fraction of sp³-hybridized carbons (Fsp3) is 0.538. The van der Waals surface area contributed by atoms with Gasteiger partial charge in [0.2, 0.25) is 0 Å². The summed E-state index contributed by atoms with van der Waals surface area (Å²) in [5.74, 6) is -1.40. The van der Waals surface area contributed by atoms with Crippen LogP contribution in [0.1, 0.15) is 32.3 Å². The zero-order valence-electron chi connectivity index (χ0n) is 23.1. The van der Waals surface area contributed by atoms with Crippen LogP contribution in [-0.4, -0.2) is 89.4 Å². The van der Waals surface area contributed by atoms with Crippen LogP contribution in [0.2, 0.25) is 0 Å². The molecule has 0 aliphatic carbocycles. The van der Waals surface area contributed by atoms with E-state index < -0.39 is 24.1 Å². The first-order chi connectivity index (χ1) is 18.7. The van der Waals surface area contributed by atoms with Gasteiger partial charge in [-0.1, -0.05) is 26.0 Å². The van der Waals surface area contributed by atoms with Gasteiger partial charge in [0.25, 0.3) is 0 Å². The molecular weight excluding hydrogens is 514 g/mol. The van der Waals surface area contributed by atoms with Crippen molar-refractivity contribution in [2.75, 3.05) is 60.2 Å². The van der Waals surface area contributed by atoms with Gasteiger partial charge < -0.3 is 49.5 Å². The molecule has 0 unspecified atom stereocenters. The van der Waals surface area contributed by atoms with Crippen molar-refractivity contribution in [3.63, 3.8) is 0 Å². The minimum Gasteiger partial charge on any atom is -0.545 e. The van der Waals surface area contributed by atoms with E-state index in [9.17, 15) is 24.3 Å². The van der Waals surface area contributed by atoms with E-state index >= 15 is 0 Å². The maximum absolute atomic E-state index is 11.7. The third-order valence-corrected chi connectivity index (χ3v) is 5.01. The Labute approximate surface area is 229 Å². The Bertz CT molecular complexity index is 866. The Kier molecular flexibility index (Phi) is 19.8. The van der Waals surface area contributed by atoms with Crippen molar-refractivity contribution in [3.8, 4) is 11.5 Å². The molecule has 0 aliphatic heterocycles. The van der Waals surface area contributed by atoms with Gasteiger partial charge >= 0.3 is 18.2 Å². The largest absolute Gasteiger partial charge is 0.545 e. The van der Waals surface area contributed by atoms with E-state index in [-0.39, 0.29) is 13.2 Å². The van der Waals surface area contributed by atoms with E-state index in [0.29, 0.717) is 44.1 Å². The molecule has 13 nitrogen and oxygen atoms in total. The van der Waals surface area contributed by atoms with Gasteiger partial charge in [-0.25, -0.2) is 14.4 Å². The van der Waals surface area contributed by atoms with Crippen molar-refractivity contribution in [1.29, 1.82) is 0 Å². The SMILES string of the molecule is CCCNC(=O)OCC[NH+](CCOC(=O)NCCC)CCc1cccc(OC)c1OC.O=C([O-])/C=C/C(=O)O. The van der Waals surface area contributed by atoms with Gasteiger partial charge in [0.05, 0.1) is 26.7 Å². The summed E-state index contributed by atoms with van der Waals surface area (Å²) in [4.78, 5) is 43.5. The molecule has 0 heterocycles. The molecule has 0 saturated heterocycles. The molecule has 39 heavy (non-hydrogen) atoms. The minimum absolute atomic E-state index is 0.280. The second-order valence-corrected chi connectivity index (χ2v) is 8.02. The molecule has 0 bridgehead atoms.